The van der Waals surface area contributed by atoms with E-state index in [1.807, 2.05) is 0 Å². The largest absolute Gasteiger partial charge is 0.335 e. The Labute approximate surface area is 51.7 Å². The summed E-state index contributed by atoms with van der Waals surface area (Å²) in [6.07, 6.45) is 1.41. The SMILES string of the molecule is CCc1c(F)c[nH]c1F. The van der Waals surface area contributed by atoms with Crippen LogP contribution in [0.4, 0.5) is 8.78 Å². The summed E-state index contributed by atoms with van der Waals surface area (Å²) in [6.45, 7) is 1.70. The maximum Gasteiger partial charge on any atom is 0.197 e. The van der Waals surface area contributed by atoms with Crippen molar-refractivity contribution in [2.24, 2.45) is 0 Å². The third-order valence-electron chi connectivity index (χ3n) is 1.23. The average molecular weight is 131 g/mol. The van der Waals surface area contributed by atoms with Crippen molar-refractivity contribution in [1.82, 2.24) is 4.98 Å². The summed E-state index contributed by atoms with van der Waals surface area (Å²) in [5.41, 5.74) is 0.134. The first-order valence-electron chi connectivity index (χ1n) is 2.77. The third-order valence-corrected chi connectivity index (χ3v) is 1.23. The molecule has 1 rings (SSSR count). The van der Waals surface area contributed by atoms with E-state index in [-0.39, 0.29) is 5.56 Å². The molecule has 0 atom stereocenters. The summed E-state index contributed by atoms with van der Waals surface area (Å²) in [4.78, 5) is 2.15. The van der Waals surface area contributed by atoms with Crippen molar-refractivity contribution in [2.45, 2.75) is 13.3 Å². The normalized spacial score (nSPS) is 10.1. The first-order valence-corrected chi connectivity index (χ1v) is 2.77. The van der Waals surface area contributed by atoms with E-state index in [4.69, 9.17) is 0 Å². The van der Waals surface area contributed by atoms with Gasteiger partial charge in [0.1, 0.15) is 5.82 Å². The highest BCUT2D eigenvalue weighted by molar-refractivity contribution is 5.12. The minimum absolute atomic E-state index is 0.134. The summed E-state index contributed by atoms with van der Waals surface area (Å²) < 4.78 is 24.7. The Morgan fingerprint density at radius 3 is 2.44 bits per heavy atom. The van der Waals surface area contributed by atoms with Crippen LogP contribution in [0.5, 0.6) is 0 Å². The summed E-state index contributed by atoms with van der Waals surface area (Å²) in [5.74, 6) is -1.05. The van der Waals surface area contributed by atoms with Crippen molar-refractivity contribution < 1.29 is 8.78 Å². The van der Waals surface area contributed by atoms with Crippen LogP contribution in [0.3, 0.4) is 0 Å². The predicted molar refractivity (Wildman–Crippen MR) is 30.1 cm³/mol. The van der Waals surface area contributed by atoms with E-state index in [0.29, 0.717) is 6.42 Å². The Morgan fingerprint density at radius 2 is 2.22 bits per heavy atom. The molecule has 0 bridgehead atoms. The monoisotopic (exact) mass is 131 g/mol. The molecule has 0 saturated heterocycles. The van der Waals surface area contributed by atoms with Gasteiger partial charge in [-0.15, -0.1) is 0 Å². The van der Waals surface area contributed by atoms with Gasteiger partial charge in [-0.1, -0.05) is 6.92 Å². The highest BCUT2D eigenvalue weighted by Crippen LogP contribution is 2.10. The van der Waals surface area contributed by atoms with Crippen molar-refractivity contribution in [2.75, 3.05) is 0 Å². The molecule has 0 aliphatic carbocycles. The number of halogens is 2. The van der Waals surface area contributed by atoms with Crippen molar-refractivity contribution in [1.29, 1.82) is 0 Å². The van der Waals surface area contributed by atoms with Gasteiger partial charge in [-0.3, -0.25) is 0 Å². The van der Waals surface area contributed by atoms with Gasteiger partial charge in [0.25, 0.3) is 0 Å². The van der Waals surface area contributed by atoms with Crippen molar-refractivity contribution in [3.05, 3.63) is 23.5 Å². The fourth-order valence-electron chi connectivity index (χ4n) is 0.730. The Morgan fingerprint density at radius 1 is 1.56 bits per heavy atom. The zero-order chi connectivity index (χ0) is 6.85. The molecule has 3 heteroatoms. The van der Waals surface area contributed by atoms with Crippen LogP contribution in [0, 0.1) is 11.8 Å². The Bertz CT molecular complexity index is 185. The van der Waals surface area contributed by atoms with E-state index in [2.05, 4.69) is 4.98 Å². The molecule has 0 spiro atoms. The smallest absolute Gasteiger partial charge is 0.197 e. The lowest BCUT2D eigenvalue weighted by atomic mass is 10.2. The van der Waals surface area contributed by atoms with E-state index in [1.165, 1.54) is 0 Å². The summed E-state index contributed by atoms with van der Waals surface area (Å²) in [5, 5.41) is 0. The Hall–Kier alpha value is -0.860. The molecule has 1 aromatic heterocycles. The molecule has 0 radical (unpaired) electrons. The molecule has 1 heterocycles. The predicted octanol–water partition coefficient (Wildman–Crippen LogP) is 1.86. The third kappa shape index (κ3) is 0.943. The first kappa shape index (κ1) is 6.26. The molecule has 50 valence electrons. The molecule has 9 heavy (non-hydrogen) atoms. The van der Waals surface area contributed by atoms with Gasteiger partial charge < -0.3 is 4.98 Å². The minimum atomic E-state index is -0.560. The second-order valence-electron chi connectivity index (χ2n) is 1.78. The highest BCUT2D eigenvalue weighted by Gasteiger charge is 2.06. The minimum Gasteiger partial charge on any atom is -0.335 e. The average Bonchev–Trinajstić information content (AvgIpc) is 2.12. The van der Waals surface area contributed by atoms with E-state index >= 15 is 0 Å². The van der Waals surface area contributed by atoms with Gasteiger partial charge >= 0.3 is 0 Å². The van der Waals surface area contributed by atoms with Gasteiger partial charge in [-0.25, -0.2) is 4.39 Å². The van der Waals surface area contributed by atoms with Crippen LogP contribution in [0.15, 0.2) is 6.20 Å². The van der Waals surface area contributed by atoms with Gasteiger partial charge in [0, 0.05) is 11.8 Å². The number of hydrogen-bond donors (Lipinski definition) is 1. The maximum atomic E-state index is 12.3. The molecule has 0 unspecified atom stereocenters. The summed E-state index contributed by atoms with van der Waals surface area (Å²) in [6, 6.07) is 0. The van der Waals surface area contributed by atoms with Crippen molar-refractivity contribution in [3.63, 3.8) is 0 Å². The molecular formula is C6H7F2N. The Balaban J connectivity index is 3.07. The zero-order valence-electron chi connectivity index (χ0n) is 5.04. The van der Waals surface area contributed by atoms with Gasteiger partial charge in [-0.2, -0.15) is 4.39 Å². The lowest BCUT2D eigenvalue weighted by molar-refractivity contribution is 0.563. The molecule has 0 fully saturated rings. The van der Waals surface area contributed by atoms with Crippen molar-refractivity contribution >= 4 is 0 Å². The van der Waals surface area contributed by atoms with Crippen LogP contribution < -0.4 is 0 Å². The van der Waals surface area contributed by atoms with Crippen LogP contribution in [0.2, 0.25) is 0 Å². The number of rotatable bonds is 1. The quantitative estimate of drug-likeness (QED) is 0.598. The number of nitrogens with one attached hydrogen (secondary N) is 1. The number of H-pyrrole nitrogens is 1. The number of aromatic nitrogens is 1. The highest BCUT2D eigenvalue weighted by atomic mass is 19.1. The Kier molecular flexibility index (Phi) is 1.51. The summed E-state index contributed by atoms with van der Waals surface area (Å²) >= 11 is 0. The van der Waals surface area contributed by atoms with Crippen molar-refractivity contribution in [3.8, 4) is 0 Å². The first-order chi connectivity index (χ1) is 4.25. The van der Waals surface area contributed by atoms with Crippen LogP contribution in [0.1, 0.15) is 12.5 Å². The molecule has 0 aromatic carbocycles. The molecule has 0 saturated carbocycles. The van der Waals surface area contributed by atoms with Gasteiger partial charge in [-0.05, 0) is 6.42 Å². The molecule has 1 N–H and O–H groups in total. The fraction of sp³-hybridized carbons (Fsp3) is 0.333. The van der Waals surface area contributed by atoms with E-state index in [9.17, 15) is 8.78 Å². The van der Waals surface area contributed by atoms with Crippen LogP contribution >= 0.6 is 0 Å². The van der Waals surface area contributed by atoms with Gasteiger partial charge in [0.2, 0.25) is 0 Å². The van der Waals surface area contributed by atoms with Gasteiger partial charge in [0.05, 0.1) is 0 Å². The fourth-order valence-corrected chi connectivity index (χ4v) is 0.730. The lowest BCUT2D eigenvalue weighted by Crippen LogP contribution is -1.83. The molecule has 0 amide bonds. The second-order valence-corrected chi connectivity index (χ2v) is 1.78. The summed E-state index contributed by atoms with van der Waals surface area (Å²) in [7, 11) is 0. The maximum absolute atomic E-state index is 12.3. The zero-order valence-corrected chi connectivity index (χ0v) is 5.04. The van der Waals surface area contributed by atoms with E-state index in [1.54, 1.807) is 6.92 Å². The van der Waals surface area contributed by atoms with Crippen LogP contribution in [-0.4, -0.2) is 4.98 Å². The molecule has 1 nitrogen and oxygen atoms in total. The molecular weight excluding hydrogens is 124 g/mol. The second kappa shape index (κ2) is 2.17. The van der Waals surface area contributed by atoms with Crippen LogP contribution in [-0.2, 0) is 6.42 Å². The molecule has 1 aromatic rings. The topological polar surface area (TPSA) is 15.8 Å². The molecule has 0 aliphatic heterocycles. The lowest BCUT2D eigenvalue weighted by Gasteiger charge is -1.87. The van der Waals surface area contributed by atoms with E-state index in [0.717, 1.165) is 6.20 Å². The molecule has 0 aliphatic rings. The van der Waals surface area contributed by atoms with E-state index < -0.39 is 11.8 Å². The standard InChI is InChI=1S/C6H7F2N/c1-2-4-5(7)3-9-6(4)8/h3,9H,2H2,1H3. The number of aromatic amines is 1. The number of hydrogen-bond acceptors (Lipinski definition) is 0. The van der Waals surface area contributed by atoms with Gasteiger partial charge in [0.15, 0.2) is 5.95 Å². The van der Waals surface area contributed by atoms with Crippen LogP contribution in [0.25, 0.3) is 0 Å².